The second kappa shape index (κ2) is 6.08. The van der Waals surface area contributed by atoms with Crippen molar-refractivity contribution in [2.45, 2.75) is 37.8 Å². The van der Waals surface area contributed by atoms with Crippen molar-refractivity contribution in [2.24, 2.45) is 21.5 Å². The number of carbonyl (C=O) groups is 2. The first-order valence-electron chi connectivity index (χ1n) is 7.94. The maximum Gasteiger partial charge on any atom is 0.337 e. The topological polar surface area (TPSA) is 155 Å². The van der Waals surface area contributed by atoms with Gasteiger partial charge in [0.1, 0.15) is 5.66 Å². The molecule has 9 heteroatoms. The number of aliphatic imine (C=N–C) groups is 2. The quantitative estimate of drug-likeness (QED) is 0.641. The molecule has 0 saturated heterocycles. The van der Waals surface area contributed by atoms with Crippen molar-refractivity contribution < 1.29 is 19.8 Å². The van der Waals surface area contributed by atoms with Crippen molar-refractivity contribution in [2.75, 3.05) is 4.90 Å². The first-order valence-corrected chi connectivity index (χ1v) is 7.94. The number of nitrogens with two attached hydrogens (primary N) is 2. The van der Waals surface area contributed by atoms with Gasteiger partial charge in [-0.15, -0.1) is 0 Å². The van der Waals surface area contributed by atoms with E-state index in [1.54, 1.807) is 0 Å². The van der Waals surface area contributed by atoms with Gasteiger partial charge < -0.3 is 21.7 Å². The first-order chi connectivity index (χ1) is 11.8. The van der Waals surface area contributed by atoms with Gasteiger partial charge in [0, 0.05) is 0 Å². The molecular formula is C16H19N5O4. The summed E-state index contributed by atoms with van der Waals surface area (Å²) >= 11 is 0. The van der Waals surface area contributed by atoms with Crippen molar-refractivity contribution in [3.05, 3.63) is 29.3 Å². The van der Waals surface area contributed by atoms with Crippen LogP contribution in [0.5, 0.6) is 0 Å². The van der Waals surface area contributed by atoms with Crippen LogP contribution in [0.25, 0.3) is 0 Å². The molecule has 0 amide bonds. The SMILES string of the molecule is NC1=NC2(CCCCC2)N(c2cc(C(=O)O)ccc2C(=O)O)C(N)=N1. The monoisotopic (exact) mass is 345 g/mol. The summed E-state index contributed by atoms with van der Waals surface area (Å²) < 4.78 is 0. The molecule has 0 unspecified atom stereocenters. The molecule has 1 saturated carbocycles. The third-order valence-electron chi connectivity index (χ3n) is 4.57. The van der Waals surface area contributed by atoms with Gasteiger partial charge in [-0.3, -0.25) is 4.90 Å². The Morgan fingerprint density at radius 3 is 2.36 bits per heavy atom. The Labute approximate surface area is 143 Å². The molecule has 0 aromatic heterocycles. The van der Waals surface area contributed by atoms with Crippen LogP contribution in [0.4, 0.5) is 5.69 Å². The molecule has 9 nitrogen and oxygen atoms in total. The largest absolute Gasteiger partial charge is 0.478 e. The first kappa shape index (κ1) is 16.7. The molecule has 1 fully saturated rings. The van der Waals surface area contributed by atoms with Gasteiger partial charge >= 0.3 is 11.9 Å². The molecular weight excluding hydrogens is 326 g/mol. The number of benzene rings is 1. The molecule has 1 aromatic carbocycles. The lowest BCUT2D eigenvalue weighted by Gasteiger charge is -2.46. The maximum absolute atomic E-state index is 11.7. The fraction of sp³-hybridized carbons (Fsp3) is 0.375. The highest BCUT2D eigenvalue weighted by Gasteiger charge is 2.43. The summed E-state index contributed by atoms with van der Waals surface area (Å²) in [7, 11) is 0. The van der Waals surface area contributed by atoms with Crippen LogP contribution in [0.3, 0.4) is 0 Å². The highest BCUT2D eigenvalue weighted by atomic mass is 16.4. The van der Waals surface area contributed by atoms with Crippen molar-refractivity contribution in [1.29, 1.82) is 0 Å². The lowest BCUT2D eigenvalue weighted by molar-refractivity contribution is 0.0681. The Hall–Kier alpha value is -3.10. The highest BCUT2D eigenvalue weighted by molar-refractivity contribution is 6.09. The molecule has 0 atom stereocenters. The van der Waals surface area contributed by atoms with Gasteiger partial charge in [-0.1, -0.05) is 6.42 Å². The number of hydrogen-bond acceptors (Lipinski definition) is 7. The Bertz CT molecular complexity index is 796. The fourth-order valence-corrected chi connectivity index (χ4v) is 3.50. The van der Waals surface area contributed by atoms with Crippen molar-refractivity contribution in [1.82, 2.24) is 0 Å². The predicted molar refractivity (Wildman–Crippen MR) is 91.9 cm³/mol. The zero-order valence-corrected chi connectivity index (χ0v) is 13.5. The molecule has 2 aliphatic rings. The lowest BCUT2D eigenvalue weighted by Crippen LogP contribution is -2.58. The van der Waals surface area contributed by atoms with Crippen molar-refractivity contribution in [3.63, 3.8) is 0 Å². The minimum absolute atomic E-state index is 0.0134. The Kier molecular flexibility index (Phi) is 4.07. The molecule has 1 spiro atoms. The van der Waals surface area contributed by atoms with Crippen LogP contribution >= 0.6 is 0 Å². The Morgan fingerprint density at radius 2 is 1.76 bits per heavy atom. The summed E-state index contributed by atoms with van der Waals surface area (Å²) in [6.45, 7) is 0. The lowest BCUT2D eigenvalue weighted by atomic mass is 9.86. The van der Waals surface area contributed by atoms with Gasteiger partial charge in [-0.05, 0) is 43.9 Å². The van der Waals surface area contributed by atoms with Crippen molar-refractivity contribution >= 4 is 29.5 Å². The Morgan fingerprint density at radius 1 is 1.08 bits per heavy atom. The van der Waals surface area contributed by atoms with E-state index in [9.17, 15) is 19.8 Å². The average molecular weight is 345 g/mol. The molecule has 6 N–H and O–H groups in total. The van der Waals surface area contributed by atoms with Gasteiger partial charge in [0.05, 0.1) is 16.8 Å². The van der Waals surface area contributed by atoms with Crippen LogP contribution in [0, 0.1) is 0 Å². The standard InChI is InChI=1S/C16H19N5O4/c17-14-19-15(18)21(16(20-14)6-2-1-3-7-16)11-8-9(12(22)23)4-5-10(11)13(24)25/h4-5,8H,1-3,6-7H2,(H,22,23)(H,24,25)(H4,17,18,19,20). The molecule has 0 radical (unpaired) electrons. The maximum atomic E-state index is 11.7. The van der Waals surface area contributed by atoms with Gasteiger partial charge in [0.15, 0.2) is 0 Å². The molecule has 132 valence electrons. The number of carboxylic acid groups (broad SMARTS) is 2. The number of hydrogen-bond donors (Lipinski definition) is 4. The van der Waals surface area contributed by atoms with Crippen LogP contribution in [-0.2, 0) is 0 Å². The second-order valence-electron chi connectivity index (χ2n) is 6.16. The van der Waals surface area contributed by atoms with Crippen LogP contribution in [0.1, 0.15) is 52.8 Å². The number of rotatable bonds is 3. The molecule has 1 aliphatic heterocycles. The predicted octanol–water partition coefficient (Wildman–Crippen LogP) is 1.19. The van der Waals surface area contributed by atoms with Crippen LogP contribution in [0.15, 0.2) is 28.2 Å². The molecule has 25 heavy (non-hydrogen) atoms. The van der Waals surface area contributed by atoms with Crippen molar-refractivity contribution in [3.8, 4) is 0 Å². The van der Waals surface area contributed by atoms with Crippen LogP contribution in [0.2, 0.25) is 0 Å². The van der Waals surface area contributed by atoms with E-state index in [0.717, 1.165) is 19.3 Å². The third-order valence-corrected chi connectivity index (χ3v) is 4.57. The third kappa shape index (κ3) is 2.88. The molecule has 1 heterocycles. The van der Waals surface area contributed by atoms with E-state index in [-0.39, 0.29) is 28.7 Å². The van der Waals surface area contributed by atoms with E-state index in [1.165, 1.54) is 23.1 Å². The number of carboxylic acids is 2. The van der Waals surface area contributed by atoms with Gasteiger partial charge in [-0.2, -0.15) is 4.99 Å². The normalized spacial score (nSPS) is 19.3. The zero-order valence-electron chi connectivity index (χ0n) is 13.5. The van der Waals surface area contributed by atoms with Crippen LogP contribution < -0.4 is 16.4 Å². The number of anilines is 1. The van der Waals surface area contributed by atoms with E-state index in [1.807, 2.05) is 0 Å². The smallest absolute Gasteiger partial charge is 0.337 e. The van der Waals surface area contributed by atoms with E-state index in [4.69, 9.17) is 11.5 Å². The summed E-state index contributed by atoms with van der Waals surface area (Å²) in [5, 5.41) is 18.8. The van der Waals surface area contributed by atoms with Crippen LogP contribution in [-0.4, -0.2) is 39.7 Å². The zero-order chi connectivity index (χ0) is 18.2. The molecule has 3 rings (SSSR count). The number of guanidine groups is 2. The van der Waals surface area contributed by atoms with Gasteiger partial charge in [-0.25, -0.2) is 14.6 Å². The highest BCUT2D eigenvalue weighted by Crippen LogP contribution is 2.40. The summed E-state index contributed by atoms with van der Waals surface area (Å²) in [6, 6.07) is 3.80. The minimum atomic E-state index is -1.19. The molecule has 1 aliphatic carbocycles. The summed E-state index contributed by atoms with van der Waals surface area (Å²) in [6.07, 6.45) is 4.03. The number of aromatic carboxylic acids is 2. The van der Waals surface area contributed by atoms with E-state index < -0.39 is 17.6 Å². The fourth-order valence-electron chi connectivity index (χ4n) is 3.50. The van der Waals surface area contributed by atoms with E-state index >= 15 is 0 Å². The number of nitrogens with zero attached hydrogens (tertiary/aromatic N) is 3. The minimum Gasteiger partial charge on any atom is -0.478 e. The van der Waals surface area contributed by atoms with Gasteiger partial charge in [0.25, 0.3) is 0 Å². The Balaban J connectivity index is 2.21. The summed E-state index contributed by atoms with van der Waals surface area (Å²) in [5.74, 6) is -2.29. The molecule has 0 bridgehead atoms. The van der Waals surface area contributed by atoms with Gasteiger partial charge in [0.2, 0.25) is 11.9 Å². The van der Waals surface area contributed by atoms with E-state index in [0.29, 0.717) is 12.8 Å². The summed E-state index contributed by atoms with van der Waals surface area (Å²) in [4.78, 5) is 33.0. The molecule has 1 aromatic rings. The average Bonchev–Trinajstić information content (AvgIpc) is 2.54. The summed E-state index contributed by atoms with van der Waals surface area (Å²) in [5.41, 5.74) is 11.1. The van der Waals surface area contributed by atoms with E-state index in [2.05, 4.69) is 9.98 Å². The second-order valence-corrected chi connectivity index (χ2v) is 6.16.